The summed E-state index contributed by atoms with van der Waals surface area (Å²) in [5, 5.41) is 4.32. The molecule has 1 unspecified atom stereocenters. The molecular weight excluding hydrogens is 463 g/mol. The normalized spacial score (nSPS) is 12.3. The van der Waals surface area contributed by atoms with E-state index in [1.54, 1.807) is 22.7 Å². The van der Waals surface area contributed by atoms with E-state index in [4.69, 9.17) is 23.2 Å². The molecule has 4 nitrogen and oxygen atoms in total. The van der Waals surface area contributed by atoms with Crippen molar-refractivity contribution < 1.29 is 9.59 Å². The predicted molar refractivity (Wildman–Crippen MR) is 135 cm³/mol. The molecule has 0 saturated carbocycles. The van der Waals surface area contributed by atoms with E-state index in [0.717, 1.165) is 16.2 Å². The molecule has 0 aliphatic carbocycles. The van der Waals surface area contributed by atoms with Crippen molar-refractivity contribution in [3.63, 3.8) is 0 Å². The molecule has 0 aliphatic rings. The summed E-state index contributed by atoms with van der Waals surface area (Å²) in [5.41, 5.74) is 0.457. The van der Waals surface area contributed by atoms with Crippen LogP contribution in [0, 0.1) is 0 Å². The molecule has 1 atom stereocenters. The van der Waals surface area contributed by atoms with Gasteiger partial charge in [-0.25, -0.2) is 0 Å². The van der Waals surface area contributed by atoms with Crippen LogP contribution in [0.4, 0.5) is 0 Å². The fourth-order valence-electron chi connectivity index (χ4n) is 3.27. The van der Waals surface area contributed by atoms with E-state index in [1.165, 1.54) is 0 Å². The summed E-state index contributed by atoms with van der Waals surface area (Å²) in [6, 6.07) is 14.6. The molecule has 2 aromatic rings. The minimum atomic E-state index is -0.554. The van der Waals surface area contributed by atoms with Gasteiger partial charge in [0.05, 0.1) is 0 Å². The summed E-state index contributed by atoms with van der Waals surface area (Å²) in [5.74, 6) is 0.617. The molecule has 0 bridgehead atoms. The quantitative estimate of drug-likeness (QED) is 0.299. The Balaban J connectivity index is 2.09. The molecule has 0 heterocycles. The van der Waals surface area contributed by atoms with Gasteiger partial charge in [0.1, 0.15) is 6.04 Å². The molecule has 174 valence electrons. The van der Waals surface area contributed by atoms with Gasteiger partial charge in [0.15, 0.2) is 0 Å². The molecule has 0 radical (unpaired) electrons. The lowest BCUT2D eigenvalue weighted by Gasteiger charge is -2.33. The van der Waals surface area contributed by atoms with Crippen molar-refractivity contribution in [2.24, 2.45) is 0 Å². The third-order valence-electron chi connectivity index (χ3n) is 4.80. The van der Waals surface area contributed by atoms with Crippen LogP contribution < -0.4 is 5.32 Å². The minimum Gasteiger partial charge on any atom is -0.350 e. The van der Waals surface area contributed by atoms with Crippen LogP contribution in [0.2, 0.25) is 10.0 Å². The predicted octanol–water partition coefficient (Wildman–Crippen LogP) is 6.59. The maximum Gasteiger partial charge on any atom is 0.243 e. The first kappa shape index (κ1) is 26.6. The van der Waals surface area contributed by atoms with Gasteiger partial charge in [-0.1, -0.05) is 48.3 Å². The van der Waals surface area contributed by atoms with Crippen molar-refractivity contribution in [1.82, 2.24) is 10.2 Å². The molecule has 2 rings (SSSR count). The Morgan fingerprint density at radius 3 is 2.31 bits per heavy atom. The molecule has 0 spiro atoms. The number of amides is 2. The molecular formula is C25H32Cl2N2O2S. The highest BCUT2D eigenvalue weighted by Crippen LogP contribution is 2.23. The smallest absolute Gasteiger partial charge is 0.243 e. The van der Waals surface area contributed by atoms with E-state index in [9.17, 15) is 9.59 Å². The SMILES string of the molecule is CCC(C(=O)NC(C)(C)C)N(Cc1ccccc1Cl)C(=O)CCCSc1ccc(Cl)cc1. The molecule has 7 heteroatoms. The second kappa shape index (κ2) is 12.5. The number of nitrogens with zero attached hydrogens (tertiary/aromatic N) is 1. The number of benzene rings is 2. The van der Waals surface area contributed by atoms with Gasteiger partial charge in [0, 0.05) is 33.4 Å². The van der Waals surface area contributed by atoms with E-state index in [2.05, 4.69) is 5.32 Å². The van der Waals surface area contributed by atoms with E-state index >= 15 is 0 Å². The first-order valence-electron chi connectivity index (χ1n) is 10.8. The van der Waals surface area contributed by atoms with Crippen molar-refractivity contribution in [3.8, 4) is 0 Å². The number of rotatable bonds is 10. The third-order valence-corrected chi connectivity index (χ3v) is 6.52. The van der Waals surface area contributed by atoms with E-state index in [0.29, 0.717) is 35.9 Å². The zero-order valence-electron chi connectivity index (χ0n) is 19.2. The Hall–Kier alpha value is -1.69. The molecule has 1 N–H and O–H groups in total. The molecule has 2 amide bonds. The van der Waals surface area contributed by atoms with Crippen LogP contribution >= 0.6 is 35.0 Å². The van der Waals surface area contributed by atoms with E-state index < -0.39 is 6.04 Å². The van der Waals surface area contributed by atoms with Crippen molar-refractivity contribution in [3.05, 3.63) is 64.1 Å². The Labute approximate surface area is 206 Å². The monoisotopic (exact) mass is 494 g/mol. The van der Waals surface area contributed by atoms with Crippen LogP contribution in [0.15, 0.2) is 53.4 Å². The van der Waals surface area contributed by atoms with E-state index in [1.807, 2.05) is 70.2 Å². The molecule has 0 fully saturated rings. The molecule has 0 aliphatic heterocycles. The van der Waals surface area contributed by atoms with Crippen LogP contribution in [0.25, 0.3) is 0 Å². The average molecular weight is 496 g/mol. The van der Waals surface area contributed by atoms with Crippen molar-refractivity contribution in [2.45, 2.75) is 70.0 Å². The van der Waals surface area contributed by atoms with Crippen LogP contribution in [0.3, 0.4) is 0 Å². The molecule has 0 saturated heterocycles. The van der Waals surface area contributed by atoms with Gasteiger partial charge in [-0.05, 0) is 75.3 Å². The van der Waals surface area contributed by atoms with Gasteiger partial charge < -0.3 is 10.2 Å². The summed E-state index contributed by atoms with van der Waals surface area (Å²) >= 11 is 14.0. The Morgan fingerprint density at radius 1 is 1.06 bits per heavy atom. The number of thioether (sulfide) groups is 1. The number of hydrogen-bond acceptors (Lipinski definition) is 3. The zero-order chi connectivity index (χ0) is 23.7. The standard InChI is InChI=1S/C25H32Cl2N2O2S/c1-5-22(24(31)28-25(2,3)4)29(17-18-9-6-7-10-21(18)27)23(30)11-8-16-32-20-14-12-19(26)13-15-20/h6-7,9-10,12-15,22H,5,8,11,16-17H2,1-4H3,(H,28,31). The molecule has 0 aromatic heterocycles. The Morgan fingerprint density at radius 2 is 1.72 bits per heavy atom. The number of hydrogen-bond donors (Lipinski definition) is 1. The summed E-state index contributed by atoms with van der Waals surface area (Å²) < 4.78 is 0. The second-order valence-electron chi connectivity index (χ2n) is 8.68. The lowest BCUT2D eigenvalue weighted by Crippen LogP contribution is -2.53. The van der Waals surface area contributed by atoms with Crippen LogP contribution in [-0.2, 0) is 16.1 Å². The van der Waals surface area contributed by atoms with Gasteiger partial charge >= 0.3 is 0 Å². The maximum atomic E-state index is 13.3. The highest BCUT2D eigenvalue weighted by atomic mass is 35.5. The number of halogens is 2. The third kappa shape index (κ3) is 8.68. The first-order valence-corrected chi connectivity index (χ1v) is 12.6. The fraction of sp³-hybridized carbons (Fsp3) is 0.440. The maximum absolute atomic E-state index is 13.3. The summed E-state index contributed by atoms with van der Waals surface area (Å²) in [7, 11) is 0. The highest BCUT2D eigenvalue weighted by Gasteiger charge is 2.30. The fourth-order valence-corrected chi connectivity index (χ4v) is 4.44. The Kier molecular flexibility index (Phi) is 10.4. The number of carbonyl (C=O) groups is 2. The van der Waals surface area contributed by atoms with Crippen LogP contribution in [0.1, 0.15) is 52.5 Å². The Bertz CT molecular complexity index is 898. The van der Waals surface area contributed by atoms with Gasteiger partial charge in [0.2, 0.25) is 11.8 Å². The van der Waals surface area contributed by atoms with Crippen LogP contribution in [0.5, 0.6) is 0 Å². The van der Waals surface area contributed by atoms with Gasteiger partial charge in [0.25, 0.3) is 0 Å². The topological polar surface area (TPSA) is 49.4 Å². The number of nitrogens with one attached hydrogen (secondary N) is 1. The van der Waals surface area contributed by atoms with Gasteiger partial charge in [-0.2, -0.15) is 0 Å². The largest absolute Gasteiger partial charge is 0.350 e. The van der Waals surface area contributed by atoms with Crippen molar-refractivity contribution >= 4 is 46.8 Å². The first-order chi connectivity index (χ1) is 15.1. The van der Waals surface area contributed by atoms with Crippen molar-refractivity contribution in [2.75, 3.05) is 5.75 Å². The van der Waals surface area contributed by atoms with Crippen molar-refractivity contribution in [1.29, 1.82) is 0 Å². The molecule has 2 aromatic carbocycles. The van der Waals surface area contributed by atoms with Gasteiger partial charge in [-0.3, -0.25) is 9.59 Å². The number of carbonyl (C=O) groups excluding carboxylic acids is 2. The van der Waals surface area contributed by atoms with E-state index in [-0.39, 0.29) is 17.4 Å². The second-order valence-corrected chi connectivity index (χ2v) is 10.7. The van der Waals surface area contributed by atoms with Gasteiger partial charge in [-0.15, -0.1) is 11.8 Å². The lowest BCUT2D eigenvalue weighted by molar-refractivity contribution is -0.142. The molecule has 32 heavy (non-hydrogen) atoms. The minimum absolute atomic E-state index is 0.0439. The highest BCUT2D eigenvalue weighted by molar-refractivity contribution is 7.99. The average Bonchev–Trinajstić information content (AvgIpc) is 2.72. The summed E-state index contributed by atoms with van der Waals surface area (Å²) in [6.45, 7) is 8.04. The van der Waals surface area contributed by atoms with Crippen LogP contribution in [-0.4, -0.2) is 34.0 Å². The zero-order valence-corrected chi connectivity index (χ0v) is 21.5. The summed E-state index contributed by atoms with van der Waals surface area (Å²) in [4.78, 5) is 29.1. The lowest BCUT2D eigenvalue weighted by atomic mass is 10.0. The summed E-state index contributed by atoms with van der Waals surface area (Å²) in [6.07, 6.45) is 1.60.